The zero-order chi connectivity index (χ0) is 14.5. The zero-order valence-electron chi connectivity index (χ0n) is 12.4. The molecule has 0 bridgehead atoms. The lowest BCUT2D eigenvalue weighted by Crippen LogP contribution is -2.23. The first kappa shape index (κ1) is 15.9. The molecule has 3 heteroatoms. The van der Waals surface area contributed by atoms with E-state index in [9.17, 15) is 9.59 Å². The van der Waals surface area contributed by atoms with E-state index in [4.69, 9.17) is 5.73 Å². The van der Waals surface area contributed by atoms with Crippen molar-refractivity contribution in [2.45, 2.75) is 59.3 Å². The van der Waals surface area contributed by atoms with E-state index in [2.05, 4.69) is 12.2 Å². The van der Waals surface area contributed by atoms with Crippen molar-refractivity contribution in [1.29, 1.82) is 0 Å². The minimum absolute atomic E-state index is 0.180. The maximum Gasteiger partial charge on any atom is 0.223 e. The summed E-state index contributed by atoms with van der Waals surface area (Å²) in [6.07, 6.45) is 10.7. The van der Waals surface area contributed by atoms with Gasteiger partial charge in [0.1, 0.15) is 5.78 Å². The Morgan fingerprint density at radius 2 is 2.05 bits per heavy atom. The summed E-state index contributed by atoms with van der Waals surface area (Å²) in [6, 6.07) is 0. The first-order valence-electron chi connectivity index (χ1n) is 7.35. The topological polar surface area (TPSA) is 60.2 Å². The number of hydrogen-bond acceptors (Lipinski definition) is 2. The second kappa shape index (κ2) is 6.88. The first-order valence-corrected chi connectivity index (χ1v) is 7.35. The molecule has 1 unspecified atom stereocenters. The van der Waals surface area contributed by atoms with Crippen LogP contribution in [0.25, 0.3) is 0 Å². The third-order valence-electron chi connectivity index (χ3n) is 4.44. The van der Waals surface area contributed by atoms with Crippen LogP contribution in [0, 0.1) is 17.3 Å². The second-order valence-electron chi connectivity index (χ2n) is 6.17. The van der Waals surface area contributed by atoms with Crippen molar-refractivity contribution >= 4 is 11.7 Å². The number of carbonyl (C=O) groups excluding carboxylic acids is 2. The van der Waals surface area contributed by atoms with Crippen LogP contribution in [0.2, 0.25) is 0 Å². The predicted molar refractivity (Wildman–Crippen MR) is 77.5 cm³/mol. The average molecular weight is 265 g/mol. The van der Waals surface area contributed by atoms with Gasteiger partial charge in [-0.25, -0.2) is 0 Å². The van der Waals surface area contributed by atoms with E-state index in [0.717, 1.165) is 32.1 Å². The normalized spacial score (nSPS) is 27.4. The van der Waals surface area contributed by atoms with Crippen LogP contribution in [0.5, 0.6) is 0 Å². The molecule has 0 aromatic heterocycles. The summed E-state index contributed by atoms with van der Waals surface area (Å²) >= 11 is 0. The molecule has 1 amide bonds. The Bertz CT molecular complexity index is 362. The number of carbonyl (C=O) groups is 2. The van der Waals surface area contributed by atoms with Crippen LogP contribution in [0.4, 0.5) is 0 Å². The molecule has 0 aliphatic heterocycles. The fraction of sp³-hybridized carbons (Fsp3) is 0.750. The Morgan fingerprint density at radius 1 is 1.37 bits per heavy atom. The number of Topliss-reactive ketones (excluding diaryl/α,β-unsaturated/α-hetero) is 1. The number of nitrogens with two attached hydrogens (primary N) is 1. The fourth-order valence-corrected chi connectivity index (χ4v) is 2.31. The van der Waals surface area contributed by atoms with Gasteiger partial charge in [0.2, 0.25) is 5.91 Å². The van der Waals surface area contributed by atoms with Gasteiger partial charge in [-0.1, -0.05) is 38.8 Å². The van der Waals surface area contributed by atoms with Crippen LogP contribution in [0.3, 0.4) is 0 Å². The fourth-order valence-electron chi connectivity index (χ4n) is 2.31. The van der Waals surface area contributed by atoms with Crippen LogP contribution in [0.1, 0.15) is 59.3 Å². The van der Waals surface area contributed by atoms with Crippen LogP contribution < -0.4 is 5.73 Å². The Labute approximate surface area is 116 Å². The van der Waals surface area contributed by atoms with Crippen molar-refractivity contribution in [2.75, 3.05) is 0 Å². The van der Waals surface area contributed by atoms with Crippen molar-refractivity contribution in [3.05, 3.63) is 12.2 Å². The third kappa shape index (κ3) is 4.81. The molecule has 1 saturated carbocycles. The van der Waals surface area contributed by atoms with Gasteiger partial charge >= 0.3 is 0 Å². The summed E-state index contributed by atoms with van der Waals surface area (Å²) in [4.78, 5) is 22.2. The molecule has 1 aliphatic carbocycles. The van der Waals surface area contributed by atoms with Crippen LogP contribution in [-0.4, -0.2) is 11.7 Å². The van der Waals surface area contributed by atoms with Crippen molar-refractivity contribution in [3.8, 4) is 0 Å². The minimum atomic E-state index is -0.284. The number of unbranched alkanes of at least 4 members (excludes halogenated alkanes) is 3. The maximum atomic E-state index is 11.1. The van der Waals surface area contributed by atoms with E-state index in [-0.39, 0.29) is 17.2 Å². The second-order valence-corrected chi connectivity index (χ2v) is 6.17. The quantitative estimate of drug-likeness (QED) is 0.514. The smallest absolute Gasteiger partial charge is 0.223 e. The van der Waals surface area contributed by atoms with E-state index in [1.54, 1.807) is 6.92 Å². The van der Waals surface area contributed by atoms with Gasteiger partial charge in [-0.15, -0.1) is 0 Å². The molecule has 0 saturated heterocycles. The first-order chi connectivity index (χ1) is 8.88. The van der Waals surface area contributed by atoms with Crippen molar-refractivity contribution < 1.29 is 9.59 Å². The van der Waals surface area contributed by atoms with Crippen molar-refractivity contribution in [3.63, 3.8) is 0 Å². The number of ketones is 1. The molecule has 1 aliphatic rings. The molecule has 0 spiro atoms. The van der Waals surface area contributed by atoms with E-state index < -0.39 is 0 Å². The standard InChI is InChI=1S/C16H27NO2/c1-12(13(2)18)9-7-5-4-6-8-10-14-11-16(14,3)15(17)19/h8,10,12,14H,4-7,9,11H2,1-3H3,(H2,17,19)/b10-8-/t12-,14?,16-/m0/s1. The van der Waals surface area contributed by atoms with Gasteiger partial charge in [0.05, 0.1) is 5.41 Å². The summed E-state index contributed by atoms with van der Waals surface area (Å²) in [5, 5.41) is 0. The van der Waals surface area contributed by atoms with Gasteiger partial charge in [-0.05, 0) is 38.5 Å². The summed E-state index contributed by atoms with van der Waals surface area (Å²) in [5.74, 6) is 0.667. The lowest BCUT2D eigenvalue weighted by Gasteiger charge is -2.06. The molecule has 2 N–H and O–H groups in total. The van der Waals surface area contributed by atoms with Gasteiger partial charge in [-0.2, -0.15) is 0 Å². The molecule has 0 aromatic rings. The molecular weight excluding hydrogens is 238 g/mol. The largest absolute Gasteiger partial charge is 0.369 e. The Balaban J connectivity index is 2.03. The maximum absolute atomic E-state index is 11.1. The number of allylic oxidation sites excluding steroid dienone is 2. The van der Waals surface area contributed by atoms with Gasteiger partial charge in [0.25, 0.3) is 0 Å². The molecule has 3 atom stereocenters. The molecule has 0 radical (unpaired) electrons. The molecular formula is C16H27NO2. The Kier molecular flexibility index (Phi) is 5.77. The molecule has 0 aromatic carbocycles. The highest BCUT2D eigenvalue weighted by Gasteiger charge is 2.53. The molecule has 3 nitrogen and oxygen atoms in total. The number of hydrogen-bond donors (Lipinski definition) is 1. The van der Waals surface area contributed by atoms with Crippen molar-refractivity contribution in [2.24, 2.45) is 23.0 Å². The van der Waals surface area contributed by atoms with Crippen LogP contribution >= 0.6 is 0 Å². The monoisotopic (exact) mass is 265 g/mol. The van der Waals surface area contributed by atoms with E-state index in [0.29, 0.717) is 11.7 Å². The van der Waals surface area contributed by atoms with Gasteiger partial charge in [-0.3, -0.25) is 9.59 Å². The van der Waals surface area contributed by atoms with Gasteiger partial charge in [0, 0.05) is 5.92 Å². The lowest BCUT2D eigenvalue weighted by molar-refractivity contribution is -0.123. The highest BCUT2D eigenvalue weighted by atomic mass is 16.1. The number of primary amides is 1. The molecule has 1 fully saturated rings. The Hall–Kier alpha value is -1.12. The van der Waals surface area contributed by atoms with E-state index in [1.165, 1.54) is 6.42 Å². The minimum Gasteiger partial charge on any atom is -0.369 e. The van der Waals surface area contributed by atoms with E-state index in [1.807, 2.05) is 13.8 Å². The molecule has 0 heterocycles. The average Bonchev–Trinajstić information content (AvgIpc) is 3.00. The van der Waals surface area contributed by atoms with Crippen LogP contribution in [-0.2, 0) is 9.59 Å². The van der Waals surface area contributed by atoms with Crippen LogP contribution in [0.15, 0.2) is 12.2 Å². The van der Waals surface area contributed by atoms with E-state index >= 15 is 0 Å². The predicted octanol–water partition coefficient (Wildman–Crippen LogP) is 3.23. The SMILES string of the molecule is CC(=O)[C@@H](C)CCCCC/C=C\C1C[C@]1(C)C(N)=O. The third-order valence-corrected chi connectivity index (χ3v) is 4.44. The number of amides is 1. The lowest BCUT2D eigenvalue weighted by atomic mass is 9.99. The highest BCUT2D eigenvalue weighted by Crippen LogP contribution is 2.52. The molecule has 19 heavy (non-hydrogen) atoms. The summed E-state index contributed by atoms with van der Waals surface area (Å²) in [7, 11) is 0. The summed E-state index contributed by atoms with van der Waals surface area (Å²) in [5.41, 5.74) is 5.06. The van der Waals surface area contributed by atoms with Crippen molar-refractivity contribution in [1.82, 2.24) is 0 Å². The van der Waals surface area contributed by atoms with Gasteiger partial charge in [0.15, 0.2) is 0 Å². The zero-order valence-corrected chi connectivity index (χ0v) is 12.4. The molecule has 108 valence electrons. The summed E-state index contributed by atoms with van der Waals surface area (Å²) in [6.45, 7) is 5.60. The number of rotatable bonds is 9. The van der Waals surface area contributed by atoms with Gasteiger partial charge < -0.3 is 5.73 Å². The summed E-state index contributed by atoms with van der Waals surface area (Å²) < 4.78 is 0. The Morgan fingerprint density at radius 3 is 2.58 bits per heavy atom. The highest BCUT2D eigenvalue weighted by molar-refractivity contribution is 5.84. The molecule has 1 rings (SSSR count).